The Morgan fingerprint density at radius 1 is 1.03 bits per heavy atom. The first-order valence-corrected chi connectivity index (χ1v) is 12.4. The van der Waals surface area contributed by atoms with Gasteiger partial charge in [0.1, 0.15) is 10.8 Å². The number of aliphatic hydroxyl groups excluding tert-OH is 1. The highest BCUT2D eigenvalue weighted by molar-refractivity contribution is 7.21. The Morgan fingerprint density at radius 3 is 2.58 bits per heavy atom. The summed E-state index contributed by atoms with van der Waals surface area (Å²) in [5.74, 6) is 1.77. The van der Waals surface area contributed by atoms with E-state index in [1.165, 1.54) is 5.56 Å². The fourth-order valence-corrected chi connectivity index (χ4v) is 5.62. The molecule has 1 aliphatic rings. The van der Waals surface area contributed by atoms with Crippen molar-refractivity contribution in [2.24, 2.45) is 5.92 Å². The third kappa shape index (κ3) is 4.70. The molecule has 3 N–H and O–H groups in total. The Balaban J connectivity index is 1.51. The Kier molecular flexibility index (Phi) is 6.24. The zero-order valence-electron chi connectivity index (χ0n) is 19.0. The standard InChI is InChI=1S/C26H29N5OS/c1-16(19-8-4-3-5-9-19)27-26-28-17(2)23(25-30-21-10-6-7-11-22(21)33-25)24(31-26)29-20-13-12-18(14-20)15-32/h3-11,16,18,20,32H,12-15H2,1-2H3,(H2,27,28,29,31)/t16-,18-,20+/m1/s1. The maximum atomic E-state index is 9.59. The summed E-state index contributed by atoms with van der Waals surface area (Å²) in [6.07, 6.45) is 3.00. The van der Waals surface area contributed by atoms with E-state index in [-0.39, 0.29) is 18.7 Å². The second-order valence-electron chi connectivity index (χ2n) is 8.82. The van der Waals surface area contributed by atoms with E-state index in [1.54, 1.807) is 11.3 Å². The zero-order chi connectivity index (χ0) is 22.8. The van der Waals surface area contributed by atoms with Crippen LogP contribution < -0.4 is 10.6 Å². The quantitative estimate of drug-likeness (QED) is 0.324. The molecule has 0 unspecified atom stereocenters. The van der Waals surface area contributed by atoms with Crippen LogP contribution in [0, 0.1) is 12.8 Å². The van der Waals surface area contributed by atoms with Crippen LogP contribution in [-0.2, 0) is 0 Å². The second-order valence-corrected chi connectivity index (χ2v) is 9.85. The minimum atomic E-state index is 0.0806. The molecule has 4 aromatic rings. The third-order valence-electron chi connectivity index (χ3n) is 6.38. The van der Waals surface area contributed by atoms with Gasteiger partial charge in [-0.25, -0.2) is 9.97 Å². The van der Waals surface area contributed by atoms with Crippen LogP contribution >= 0.6 is 11.3 Å². The number of nitrogens with zero attached hydrogens (tertiary/aromatic N) is 3. The number of aromatic nitrogens is 3. The van der Waals surface area contributed by atoms with Crippen LogP contribution in [0.1, 0.15) is 43.5 Å². The summed E-state index contributed by atoms with van der Waals surface area (Å²) < 4.78 is 1.15. The molecule has 2 aromatic carbocycles. The van der Waals surface area contributed by atoms with Gasteiger partial charge in [0.2, 0.25) is 5.95 Å². The van der Waals surface area contributed by atoms with Crippen LogP contribution in [0.15, 0.2) is 54.6 Å². The third-order valence-corrected chi connectivity index (χ3v) is 7.44. The van der Waals surface area contributed by atoms with Crippen molar-refractivity contribution in [3.8, 4) is 10.6 Å². The smallest absolute Gasteiger partial charge is 0.225 e. The Labute approximate surface area is 198 Å². The molecule has 5 rings (SSSR count). The van der Waals surface area contributed by atoms with Crippen molar-refractivity contribution in [3.63, 3.8) is 0 Å². The van der Waals surface area contributed by atoms with Gasteiger partial charge >= 0.3 is 0 Å². The topological polar surface area (TPSA) is 83.0 Å². The Hall–Kier alpha value is -3.03. The number of nitrogens with one attached hydrogen (secondary N) is 2. The largest absolute Gasteiger partial charge is 0.396 e. The summed E-state index contributed by atoms with van der Waals surface area (Å²) in [5, 5.41) is 17.7. The van der Waals surface area contributed by atoms with Gasteiger partial charge in [0.05, 0.1) is 27.5 Å². The lowest BCUT2D eigenvalue weighted by molar-refractivity contribution is 0.229. The molecule has 0 bridgehead atoms. The molecule has 3 atom stereocenters. The van der Waals surface area contributed by atoms with Gasteiger partial charge in [0, 0.05) is 12.6 Å². The molecule has 2 aromatic heterocycles. The molecule has 7 heteroatoms. The molecular formula is C26H29N5OS. The summed E-state index contributed by atoms with van der Waals surface area (Å²) in [5.41, 5.74) is 4.03. The zero-order valence-corrected chi connectivity index (χ0v) is 19.8. The summed E-state index contributed by atoms with van der Waals surface area (Å²) in [7, 11) is 0. The predicted octanol–water partition coefficient (Wildman–Crippen LogP) is 5.81. The van der Waals surface area contributed by atoms with Crippen LogP contribution in [0.3, 0.4) is 0 Å². The molecule has 0 spiro atoms. The molecule has 33 heavy (non-hydrogen) atoms. The van der Waals surface area contributed by atoms with Gasteiger partial charge in [0.25, 0.3) is 0 Å². The number of thiazole rings is 1. The summed E-state index contributed by atoms with van der Waals surface area (Å²) in [6, 6.07) is 18.9. The number of hydrogen-bond donors (Lipinski definition) is 3. The lowest BCUT2D eigenvalue weighted by Crippen LogP contribution is -2.19. The second kappa shape index (κ2) is 9.45. The molecule has 0 saturated heterocycles. The van der Waals surface area contributed by atoms with Crippen LogP contribution in [0.4, 0.5) is 11.8 Å². The highest BCUT2D eigenvalue weighted by Crippen LogP contribution is 2.38. The van der Waals surface area contributed by atoms with Gasteiger partial charge in [0.15, 0.2) is 0 Å². The maximum Gasteiger partial charge on any atom is 0.225 e. The highest BCUT2D eigenvalue weighted by Gasteiger charge is 2.27. The van der Waals surface area contributed by atoms with E-state index in [0.29, 0.717) is 11.9 Å². The van der Waals surface area contributed by atoms with Gasteiger partial charge in [-0.05, 0) is 56.7 Å². The van der Waals surface area contributed by atoms with Crippen LogP contribution in [0.5, 0.6) is 0 Å². The van der Waals surface area contributed by atoms with Gasteiger partial charge < -0.3 is 15.7 Å². The van der Waals surface area contributed by atoms with E-state index >= 15 is 0 Å². The number of benzene rings is 2. The average molecular weight is 460 g/mol. The van der Waals surface area contributed by atoms with Crippen molar-refractivity contribution in [1.82, 2.24) is 15.0 Å². The first-order valence-electron chi connectivity index (χ1n) is 11.5. The lowest BCUT2D eigenvalue weighted by atomic mass is 10.1. The van der Waals surface area contributed by atoms with Crippen LogP contribution in [0.25, 0.3) is 20.8 Å². The SMILES string of the molecule is Cc1nc(N[C@H](C)c2ccccc2)nc(N[C@H]2CC[C@@H](CO)C2)c1-c1nc2ccccc2s1. The highest BCUT2D eigenvalue weighted by atomic mass is 32.1. The van der Waals surface area contributed by atoms with Crippen molar-refractivity contribution in [1.29, 1.82) is 0 Å². The minimum absolute atomic E-state index is 0.0806. The molecule has 6 nitrogen and oxygen atoms in total. The molecule has 1 aliphatic carbocycles. The number of aliphatic hydroxyl groups is 1. The Morgan fingerprint density at radius 2 is 1.82 bits per heavy atom. The summed E-state index contributed by atoms with van der Waals surface area (Å²) >= 11 is 1.67. The Bertz CT molecular complexity index is 1210. The molecular weight excluding hydrogens is 430 g/mol. The average Bonchev–Trinajstić information content (AvgIpc) is 3.46. The van der Waals surface area contributed by atoms with Crippen molar-refractivity contribution < 1.29 is 5.11 Å². The van der Waals surface area contributed by atoms with Gasteiger partial charge in [-0.3, -0.25) is 0 Å². The monoisotopic (exact) mass is 459 g/mol. The van der Waals surface area contributed by atoms with Crippen molar-refractivity contribution >= 4 is 33.3 Å². The first-order chi connectivity index (χ1) is 16.1. The molecule has 2 heterocycles. The number of hydrogen-bond acceptors (Lipinski definition) is 7. The molecule has 170 valence electrons. The van der Waals surface area contributed by atoms with Gasteiger partial charge in [-0.2, -0.15) is 4.98 Å². The van der Waals surface area contributed by atoms with Gasteiger partial charge in [-0.15, -0.1) is 11.3 Å². The number of anilines is 2. The summed E-state index contributed by atoms with van der Waals surface area (Å²) in [4.78, 5) is 14.6. The predicted molar refractivity (Wildman–Crippen MR) is 136 cm³/mol. The fraction of sp³-hybridized carbons (Fsp3) is 0.346. The number of para-hydroxylation sites is 1. The molecule has 0 aliphatic heterocycles. The number of fused-ring (bicyclic) bond motifs is 1. The van der Waals surface area contributed by atoms with E-state index < -0.39 is 0 Å². The van der Waals surface area contributed by atoms with Crippen LogP contribution in [0.2, 0.25) is 0 Å². The molecule has 0 radical (unpaired) electrons. The van der Waals surface area contributed by atoms with Crippen molar-refractivity contribution in [3.05, 3.63) is 65.9 Å². The van der Waals surface area contributed by atoms with E-state index in [1.807, 2.05) is 43.3 Å². The van der Waals surface area contributed by atoms with E-state index in [4.69, 9.17) is 15.0 Å². The van der Waals surface area contributed by atoms with Crippen LogP contribution in [-0.4, -0.2) is 32.7 Å². The first kappa shape index (κ1) is 21.8. The maximum absolute atomic E-state index is 9.59. The summed E-state index contributed by atoms with van der Waals surface area (Å²) in [6.45, 7) is 4.39. The fourth-order valence-electron chi connectivity index (χ4n) is 4.56. The van der Waals surface area contributed by atoms with Gasteiger partial charge in [-0.1, -0.05) is 42.5 Å². The van der Waals surface area contributed by atoms with E-state index in [0.717, 1.165) is 51.6 Å². The minimum Gasteiger partial charge on any atom is -0.396 e. The van der Waals surface area contributed by atoms with E-state index in [9.17, 15) is 5.11 Å². The molecule has 1 fully saturated rings. The van der Waals surface area contributed by atoms with Crippen molar-refractivity contribution in [2.75, 3.05) is 17.2 Å². The normalized spacial score (nSPS) is 19.0. The molecule has 0 amide bonds. The number of aryl methyl sites for hydroxylation is 1. The van der Waals surface area contributed by atoms with E-state index in [2.05, 4.69) is 35.8 Å². The lowest BCUT2D eigenvalue weighted by Gasteiger charge is -2.20. The number of rotatable bonds is 7. The molecule has 1 saturated carbocycles. The van der Waals surface area contributed by atoms with Crippen molar-refractivity contribution in [2.45, 2.75) is 45.2 Å².